The summed E-state index contributed by atoms with van der Waals surface area (Å²) in [5, 5.41) is 7.08. The molecular weight excluding hydrogens is 449 g/mol. The van der Waals surface area contributed by atoms with Crippen LogP contribution in [0.3, 0.4) is 0 Å². The third-order valence-electron chi connectivity index (χ3n) is 5.17. The van der Waals surface area contributed by atoms with Crippen LogP contribution in [0.2, 0.25) is 0 Å². The Hall–Kier alpha value is -1.02. The SMILES string of the molecule is CCNC(=NCc1ccc(C)cc1N(C)C)NC1CN(C(C)C)CC1C.I. The lowest BCUT2D eigenvalue weighted by atomic mass is 10.1. The number of benzene rings is 1. The first-order valence-electron chi connectivity index (χ1n) is 9.87. The topological polar surface area (TPSA) is 42.9 Å². The second-order valence-electron chi connectivity index (χ2n) is 8.00. The summed E-state index contributed by atoms with van der Waals surface area (Å²) in [5.74, 6) is 1.54. The molecule has 0 saturated carbocycles. The normalized spacial score (nSPS) is 20.5. The zero-order valence-electron chi connectivity index (χ0n) is 18.0. The van der Waals surface area contributed by atoms with Gasteiger partial charge in [0.2, 0.25) is 0 Å². The molecule has 5 nitrogen and oxygen atoms in total. The van der Waals surface area contributed by atoms with E-state index in [-0.39, 0.29) is 24.0 Å². The fourth-order valence-corrected chi connectivity index (χ4v) is 3.50. The van der Waals surface area contributed by atoms with Crippen LogP contribution in [0.25, 0.3) is 0 Å². The predicted molar refractivity (Wildman–Crippen MR) is 129 cm³/mol. The van der Waals surface area contributed by atoms with Crippen molar-refractivity contribution in [3.05, 3.63) is 29.3 Å². The predicted octanol–water partition coefficient (Wildman–Crippen LogP) is 3.46. The Labute approximate surface area is 183 Å². The number of aryl methyl sites for hydroxylation is 1. The molecule has 1 heterocycles. The highest BCUT2D eigenvalue weighted by Gasteiger charge is 2.31. The Bertz CT molecular complexity index is 615. The van der Waals surface area contributed by atoms with Gasteiger partial charge in [-0.15, -0.1) is 24.0 Å². The number of rotatable bonds is 6. The largest absolute Gasteiger partial charge is 0.377 e. The standard InChI is InChI=1S/C21H37N5.HI/c1-8-22-21(24-19-14-26(15(2)3)13-17(19)5)23-12-18-10-9-16(4)11-20(18)25(6)7;/h9-11,15,17,19H,8,12-14H2,1-7H3,(H2,22,23,24);1H. The van der Waals surface area contributed by atoms with Gasteiger partial charge in [0, 0.05) is 51.5 Å². The van der Waals surface area contributed by atoms with Crippen LogP contribution in [0.1, 0.15) is 38.8 Å². The smallest absolute Gasteiger partial charge is 0.191 e. The van der Waals surface area contributed by atoms with E-state index < -0.39 is 0 Å². The number of hydrogen-bond acceptors (Lipinski definition) is 3. The first kappa shape index (κ1) is 24.0. The van der Waals surface area contributed by atoms with Crippen LogP contribution in [0, 0.1) is 12.8 Å². The summed E-state index contributed by atoms with van der Waals surface area (Å²) in [6, 6.07) is 7.62. The van der Waals surface area contributed by atoms with Crippen molar-refractivity contribution in [1.29, 1.82) is 0 Å². The summed E-state index contributed by atoms with van der Waals surface area (Å²) < 4.78 is 0. The molecular formula is C21H38IN5. The van der Waals surface area contributed by atoms with Crippen molar-refractivity contribution in [2.45, 2.75) is 53.2 Å². The van der Waals surface area contributed by atoms with Crippen molar-refractivity contribution in [2.24, 2.45) is 10.9 Å². The average molecular weight is 487 g/mol. The van der Waals surface area contributed by atoms with Gasteiger partial charge in [-0.2, -0.15) is 0 Å². The quantitative estimate of drug-likeness (QED) is 0.367. The maximum Gasteiger partial charge on any atom is 0.191 e. The molecule has 27 heavy (non-hydrogen) atoms. The summed E-state index contributed by atoms with van der Waals surface area (Å²) in [6.45, 7) is 14.9. The minimum Gasteiger partial charge on any atom is -0.377 e. The highest BCUT2D eigenvalue weighted by atomic mass is 127. The molecule has 1 aliphatic heterocycles. The summed E-state index contributed by atoms with van der Waals surface area (Å²) in [7, 11) is 4.18. The minimum atomic E-state index is 0. The monoisotopic (exact) mass is 487 g/mol. The van der Waals surface area contributed by atoms with Gasteiger partial charge in [0.15, 0.2) is 5.96 Å². The van der Waals surface area contributed by atoms with Gasteiger partial charge in [-0.05, 0) is 50.8 Å². The number of hydrogen-bond donors (Lipinski definition) is 2. The Morgan fingerprint density at radius 3 is 2.56 bits per heavy atom. The number of anilines is 1. The Balaban J connectivity index is 0.00000364. The van der Waals surface area contributed by atoms with Crippen LogP contribution in [0.15, 0.2) is 23.2 Å². The molecule has 1 saturated heterocycles. The van der Waals surface area contributed by atoms with Gasteiger partial charge >= 0.3 is 0 Å². The molecule has 2 N–H and O–H groups in total. The Kier molecular flexibility index (Phi) is 9.87. The van der Waals surface area contributed by atoms with Gasteiger partial charge in [0.25, 0.3) is 0 Å². The fraction of sp³-hybridized carbons (Fsp3) is 0.667. The molecule has 1 fully saturated rings. The van der Waals surface area contributed by atoms with E-state index >= 15 is 0 Å². The van der Waals surface area contributed by atoms with E-state index in [2.05, 4.69) is 87.3 Å². The highest BCUT2D eigenvalue weighted by molar-refractivity contribution is 14.0. The second kappa shape index (κ2) is 11.1. The van der Waals surface area contributed by atoms with Crippen molar-refractivity contribution >= 4 is 35.6 Å². The molecule has 0 amide bonds. The molecule has 2 rings (SSSR count). The van der Waals surface area contributed by atoms with Crippen LogP contribution in [0.4, 0.5) is 5.69 Å². The average Bonchev–Trinajstić information content (AvgIpc) is 2.94. The summed E-state index contributed by atoms with van der Waals surface area (Å²) in [4.78, 5) is 9.58. The zero-order chi connectivity index (χ0) is 19.3. The van der Waals surface area contributed by atoms with E-state index in [0.29, 0.717) is 24.5 Å². The first-order chi connectivity index (χ1) is 12.3. The minimum absolute atomic E-state index is 0. The van der Waals surface area contributed by atoms with Crippen molar-refractivity contribution < 1.29 is 0 Å². The van der Waals surface area contributed by atoms with E-state index in [0.717, 1.165) is 25.6 Å². The molecule has 0 bridgehead atoms. The van der Waals surface area contributed by atoms with Crippen molar-refractivity contribution in [1.82, 2.24) is 15.5 Å². The van der Waals surface area contributed by atoms with Crippen LogP contribution in [-0.4, -0.2) is 56.7 Å². The molecule has 2 atom stereocenters. The Morgan fingerprint density at radius 1 is 1.30 bits per heavy atom. The molecule has 0 radical (unpaired) electrons. The molecule has 154 valence electrons. The molecule has 1 aromatic carbocycles. The number of likely N-dealkylation sites (tertiary alicyclic amines) is 1. The van der Waals surface area contributed by atoms with Gasteiger partial charge in [-0.25, -0.2) is 4.99 Å². The van der Waals surface area contributed by atoms with E-state index in [9.17, 15) is 0 Å². The summed E-state index contributed by atoms with van der Waals surface area (Å²) in [6.07, 6.45) is 0. The summed E-state index contributed by atoms with van der Waals surface area (Å²) in [5.41, 5.74) is 3.77. The van der Waals surface area contributed by atoms with E-state index in [4.69, 9.17) is 4.99 Å². The number of guanidine groups is 1. The van der Waals surface area contributed by atoms with E-state index in [1.807, 2.05) is 0 Å². The summed E-state index contributed by atoms with van der Waals surface area (Å²) >= 11 is 0. The van der Waals surface area contributed by atoms with Crippen LogP contribution >= 0.6 is 24.0 Å². The van der Waals surface area contributed by atoms with E-state index in [1.165, 1.54) is 16.8 Å². The molecule has 1 aromatic rings. The third-order valence-corrected chi connectivity index (χ3v) is 5.17. The maximum atomic E-state index is 4.87. The van der Waals surface area contributed by atoms with Crippen LogP contribution < -0.4 is 15.5 Å². The first-order valence-corrected chi connectivity index (χ1v) is 9.87. The van der Waals surface area contributed by atoms with Gasteiger partial charge in [-0.3, -0.25) is 4.90 Å². The number of nitrogens with zero attached hydrogens (tertiary/aromatic N) is 3. The van der Waals surface area contributed by atoms with Crippen molar-refractivity contribution in [2.75, 3.05) is 38.6 Å². The number of aliphatic imine (C=N–C) groups is 1. The van der Waals surface area contributed by atoms with Crippen molar-refractivity contribution in [3.8, 4) is 0 Å². The number of nitrogens with one attached hydrogen (secondary N) is 2. The van der Waals surface area contributed by atoms with Gasteiger partial charge in [-0.1, -0.05) is 19.1 Å². The second-order valence-corrected chi connectivity index (χ2v) is 8.00. The molecule has 0 aliphatic carbocycles. The third kappa shape index (κ3) is 6.82. The lowest BCUT2D eigenvalue weighted by molar-refractivity contribution is 0.265. The van der Waals surface area contributed by atoms with Gasteiger partial charge in [0.05, 0.1) is 6.54 Å². The molecule has 0 aromatic heterocycles. The molecule has 0 spiro atoms. The lowest BCUT2D eigenvalue weighted by Crippen LogP contribution is -2.46. The van der Waals surface area contributed by atoms with Crippen LogP contribution in [-0.2, 0) is 6.54 Å². The van der Waals surface area contributed by atoms with Gasteiger partial charge < -0.3 is 15.5 Å². The van der Waals surface area contributed by atoms with Crippen molar-refractivity contribution in [3.63, 3.8) is 0 Å². The molecule has 6 heteroatoms. The maximum absolute atomic E-state index is 4.87. The zero-order valence-corrected chi connectivity index (χ0v) is 20.4. The van der Waals surface area contributed by atoms with Gasteiger partial charge in [0.1, 0.15) is 0 Å². The van der Waals surface area contributed by atoms with E-state index in [1.54, 1.807) is 0 Å². The lowest BCUT2D eigenvalue weighted by Gasteiger charge is -2.22. The fourth-order valence-electron chi connectivity index (χ4n) is 3.50. The highest BCUT2D eigenvalue weighted by Crippen LogP contribution is 2.21. The number of halogens is 1. The van der Waals surface area contributed by atoms with Crippen LogP contribution in [0.5, 0.6) is 0 Å². The molecule has 1 aliphatic rings. The Morgan fingerprint density at radius 2 is 2.00 bits per heavy atom. The molecule has 2 unspecified atom stereocenters.